The zero-order valence-electron chi connectivity index (χ0n) is 12.5. The monoisotopic (exact) mass is 298 g/mol. The number of aryl methyl sites for hydroxylation is 2. The van der Waals surface area contributed by atoms with Gasteiger partial charge < -0.3 is 9.84 Å². The van der Waals surface area contributed by atoms with E-state index in [-0.39, 0.29) is 18.3 Å². The normalized spacial score (nSPS) is 10.6. The molecule has 114 valence electrons. The molecular formula is C17H18N2O3. The van der Waals surface area contributed by atoms with Crippen LogP contribution in [0.3, 0.4) is 0 Å². The predicted molar refractivity (Wildman–Crippen MR) is 85.3 cm³/mol. The number of carbonyl (C=O) groups excluding carboxylic acids is 1. The molecule has 0 unspecified atom stereocenters. The number of amides is 1. The summed E-state index contributed by atoms with van der Waals surface area (Å²) < 4.78 is 5.40. The van der Waals surface area contributed by atoms with Crippen molar-refractivity contribution >= 4 is 12.1 Å². The molecule has 0 spiro atoms. The highest BCUT2D eigenvalue weighted by Crippen LogP contribution is 2.16. The molecule has 5 nitrogen and oxygen atoms in total. The zero-order valence-corrected chi connectivity index (χ0v) is 12.5. The van der Waals surface area contributed by atoms with Gasteiger partial charge in [0.25, 0.3) is 5.91 Å². The number of ether oxygens (including phenoxy) is 1. The molecule has 0 aromatic heterocycles. The summed E-state index contributed by atoms with van der Waals surface area (Å²) in [7, 11) is 0. The molecule has 2 aromatic carbocycles. The van der Waals surface area contributed by atoms with Crippen molar-refractivity contribution in [1.82, 2.24) is 5.43 Å². The number of phenols is 1. The van der Waals surface area contributed by atoms with Crippen LogP contribution >= 0.6 is 0 Å². The van der Waals surface area contributed by atoms with Gasteiger partial charge >= 0.3 is 0 Å². The van der Waals surface area contributed by atoms with E-state index in [1.165, 1.54) is 11.8 Å². The van der Waals surface area contributed by atoms with E-state index in [9.17, 15) is 4.79 Å². The van der Waals surface area contributed by atoms with Gasteiger partial charge in [-0.1, -0.05) is 6.07 Å². The van der Waals surface area contributed by atoms with E-state index < -0.39 is 0 Å². The Labute approximate surface area is 129 Å². The summed E-state index contributed by atoms with van der Waals surface area (Å²) in [6.45, 7) is 3.91. The van der Waals surface area contributed by atoms with E-state index in [1.54, 1.807) is 24.3 Å². The van der Waals surface area contributed by atoms with Crippen molar-refractivity contribution < 1.29 is 14.6 Å². The quantitative estimate of drug-likeness (QED) is 0.658. The molecule has 0 aliphatic carbocycles. The SMILES string of the molecule is Cc1ccc(OCC(=O)N/N=C/c2ccc(O)cc2)cc1C. The minimum Gasteiger partial charge on any atom is -0.508 e. The number of hydrogen-bond acceptors (Lipinski definition) is 4. The lowest BCUT2D eigenvalue weighted by Gasteiger charge is -2.07. The summed E-state index contributed by atoms with van der Waals surface area (Å²) in [5.74, 6) is 0.497. The Morgan fingerprint density at radius 2 is 1.91 bits per heavy atom. The first-order valence-corrected chi connectivity index (χ1v) is 6.85. The van der Waals surface area contributed by atoms with Crippen LogP contribution in [0.4, 0.5) is 0 Å². The fraction of sp³-hybridized carbons (Fsp3) is 0.176. The Hall–Kier alpha value is -2.82. The van der Waals surface area contributed by atoms with Gasteiger partial charge in [-0.3, -0.25) is 4.79 Å². The molecule has 1 amide bonds. The molecule has 0 radical (unpaired) electrons. The van der Waals surface area contributed by atoms with Crippen molar-refractivity contribution in [2.24, 2.45) is 5.10 Å². The maximum absolute atomic E-state index is 11.6. The minimum absolute atomic E-state index is 0.102. The number of hydrogen-bond donors (Lipinski definition) is 2. The first-order chi connectivity index (χ1) is 10.5. The molecule has 0 bridgehead atoms. The van der Waals surface area contributed by atoms with Crippen molar-refractivity contribution in [2.75, 3.05) is 6.61 Å². The highest BCUT2D eigenvalue weighted by Gasteiger charge is 2.02. The van der Waals surface area contributed by atoms with E-state index in [2.05, 4.69) is 10.5 Å². The molecule has 0 saturated carbocycles. The Morgan fingerprint density at radius 1 is 1.18 bits per heavy atom. The number of carbonyl (C=O) groups is 1. The first kappa shape index (κ1) is 15.6. The maximum Gasteiger partial charge on any atom is 0.277 e. The van der Waals surface area contributed by atoms with Gasteiger partial charge in [0.15, 0.2) is 6.61 Å². The predicted octanol–water partition coefficient (Wildman–Crippen LogP) is 2.54. The van der Waals surface area contributed by atoms with Crippen molar-refractivity contribution in [2.45, 2.75) is 13.8 Å². The molecule has 0 heterocycles. The standard InChI is InChI=1S/C17H18N2O3/c1-12-3-8-16(9-13(12)2)22-11-17(21)19-18-10-14-4-6-15(20)7-5-14/h3-10,20H,11H2,1-2H3,(H,19,21)/b18-10+. The van der Waals surface area contributed by atoms with Gasteiger partial charge in [0.2, 0.25) is 0 Å². The summed E-state index contributed by atoms with van der Waals surface area (Å²) in [6.07, 6.45) is 1.49. The van der Waals surface area contributed by atoms with Gasteiger partial charge in [0.1, 0.15) is 11.5 Å². The Kier molecular flexibility index (Phi) is 5.14. The van der Waals surface area contributed by atoms with Gasteiger partial charge in [-0.25, -0.2) is 5.43 Å². The van der Waals surface area contributed by atoms with E-state index in [0.717, 1.165) is 11.1 Å². The lowest BCUT2D eigenvalue weighted by Crippen LogP contribution is -2.24. The van der Waals surface area contributed by atoms with Crippen molar-refractivity contribution in [3.05, 3.63) is 59.2 Å². The van der Waals surface area contributed by atoms with Gasteiger partial charge in [-0.2, -0.15) is 5.10 Å². The van der Waals surface area contributed by atoms with E-state index in [1.807, 2.05) is 32.0 Å². The van der Waals surface area contributed by atoms with Crippen molar-refractivity contribution in [3.8, 4) is 11.5 Å². The third-order valence-corrected chi connectivity index (χ3v) is 3.14. The first-order valence-electron chi connectivity index (χ1n) is 6.85. The van der Waals surface area contributed by atoms with Crippen LogP contribution in [0.25, 0.3) is 0 Å². The maximum atomic E-state index is 11.6. The molecule has 5 heteroatoms. The molecule has 2 rings (SSSR count). The Balaban J connectivity index is 1.80. The number of phenolic OH excluding ortho intramolecular Hbond substituents is 1. The lowest BCUT2D eigenvalue weighted by atomic mass is 10.1. The summed E-state index contributed by atoms with van der Waals surface area (Å²) in [6, 6.07) is 12.1. The number of rotatable bonds is 5. The molecule has 0 fully saturated rings. The molecule has 2 N–H and O–H groups in total. The van der Waals surface area contributed by atoms with Crippen LogP contribution in [0.2, 0.25) is 0 Å². The minimum atomic E-state index is -0.340. The smallest absolute Gasteiger partial charge is 0.277 e. The van der Waals surface area contributed by atoms with E-state index >= 15 is 0 Å². The highest BCUT2D eigenvalue weighted by atomic mass is 16.5. The fourth-order valence-electron chi connectivity index (χ4n) is 1.72. The molecular weight excluding hydrogens is 280 g/mol. The molecule has 22 heavy (non-hydrogen) atoms. The summed E-state index contributed by atoms with van der Waals surface area (Å²) >= 11 is 0. The number of aromatic hydroxyl groups is 1. The van der Waals surface area contributed by atoms with Crippen LogP contribution in [0.15, 0.2) is 47.6 Å². The summed E-state index contributed by atoms with van der Waals surface area (Å²) in [4.78, 5) is 11.6. The summed E-state index contributed by atoms with van der Waals surface area (Å²) in [5, 5.41) is 13.0. The number of benzene rings is 2. The van der Waals surface area contributed by atoms with Gasteiger partial charge in [-0.15, -0.1) is 0 Å². The van der Waals surface area contributed by atoms with Crippen LogP contribution in [-0.4, -0.2) is 23.8 Å². The van der Waals surface area contributed by atoms with Gasteiger partial charge in [0.05, 0.1) is 6.21 Å². The molecule has 0 aliphatic heterocycles. The Bertz CT molecular complexity index is 679. The largest absolute Gasteiger partial charge is 0.508 e. The van der Waals surface area contributed by atoms with E-state index in [0.29, 0.717) is 5.75 Å². The average Bonchev–Trinajstić information content (AvgIpc) is 2.50. The van der Waals surface area contributed by atoms with Crippen LogP contribution in [0.1, 0.15) is 16.7 Å². The van der Waals surface area contributed by atoms with Crippen molar-refractivity contribution in [1.29, 1.82) is 0 Å². The van der Waals surface area contributed by atoms with Crippen LogP contribution in [0.5, 0.6) is 11.5 Å². The molecule has 0 atom stereocenters. The number of nitrogens with one attached hydrogen (secondary N) is 1. The second-order valence-electron chi connectivity index (χ2n) is 4.92. The summed E-state index contributed by atoms with van der Waals surface area (Å²) in [5.41, 5.74) is 5.45. The highest BCUT2D eigenvalue weighted by molar-refractivity contribution is 5.83. The zero-order chi connectivity index (χ0) is 15.9. The van der Waals surface area contributed by atoms with Crippen LogP contribution in [0, 0.1) is 13.8 Å². The topological polar surface area (TPSA) is 70.9 Å². The second-order valence-corrected chi connectivity index (χ2v) is 4.92. The molecule has 0 aliphatic rings. The lowest BCUT2D eigenvalue weighted by molar-refractivity contribution is -0.123. The fourth-order valence-corrected chi connectivity index (χ4v) is 1.72. The number of nitrogens with zero attached hydrogens (tertiary/aromatic N) is 1. The number of hydrazone groups is 1. The van der Waals surface area contributed by atoms with Crippen molar-refractivity contribution in [3.63, 3.8) is 0 Å². The van der Waals surface area contributed by atoms with Gasteiger partial charge in [0, 0.05) is 0 Å². The Morgan fingerprint density at radius 3 is 2.59 bits per heavy atom. The van der Waals surface area contributed by atoms with Crippen LogP contribution in [-0.2, 0) is 4.79 Å². The second kappa shape index (κ2) is 7.26. The third kappa shape index (κ3) is 4.63. The third-order valence-electron chi connectivity index (χ3n) is 3.14. The van der Waals surface area contributed by atoms with E-state index in [4.69, 9.17) is 9.84 Å². The van der Waals surface area contributed by atoms with Crippen LogP contribution < -0.4 is 10.2 Å². The molecule has 2 aromatic rings. The average molecular weight is 298 g/mol. The molecule has 0 saturated heterocycles. The van der Waals surface area contributed by atoms with Gasteiger partial charge in [-0.05, 0) is 66.9 Å².